The maximum Gasteiger partial charge on any atom is 0.0691 e. The number of hydrogen-bond acceptors (Lipinski definition) is 3. The Morgan fingerprint density at radius 3 is 2.45 bits per heavy atom. The summed E-state index contributed by atoms with van der Waals surface area (Å²) >= 11 is 0. The van der Waals surface area contributed by atoms with Crippen LogP contribution < -0.4 is 5.32 Å². The molecule has 3 heteroatoms. The van der Waals surface area contributed by atoms with Crippen LogP contribution in [0.25, 0.3) is 0 Å². The second-order valence-corrected chi connectivity index (χ2v) is 3.38. The highest BCUT2D eigenvalue weighted by Crippen LogP contribution is 2.14. The fourth-order valence-electron chi connectivity index (χ4n) is 0.959. The number of methoxy groups -OCH3 is 1. The van der Waals surface area contributed by atoms with Crippen molar-refractivity contribution < 1.29 is 9.84 Å². The molecule has 0 radical (unpaired) electrons. The van der Waals surface area contributed by atoms with Gasteiger partial charge in [-0.1, -0.05) is 0 Å². The van der Waals surface area contributed by atoms with Crippen LogP contribution in [0.1, 0.15) is 20.3 Å². The Morgan fingerprint density at radius 2 is 2.09 bits per heavy atom. The van der Waals surface area contributed by atoms with Crippen molar-refractivity contribution in [1.29, 1.82) is 0 Å². The molecule has 0 rings (SSSR count). The maximum atomic E-state index is 9.37. The molecule has 0 aromatic carbocycles. The van der Waals surface area contributed by atoms with Gasteiger partial charge in [0.2, 0.25) is 0 Å². The topological polar surface area (TPSA) is 41.5 Å². The van der Waals surface area contributed by atoms with E-state index >= 15 is 0 Å². The van der Waals surface area contributed by atoms with Gasteiger partial charge in [-0.25, -0.2) is 0 Å². The lowest BCUT2D eigenvalue weighted by molar-refractivity contribution is -0.0185. The molecule has 0 amide bonds. The molecule has 0 fully saturated rings. The summed E-state index contributed by atoms with van der Waals surface area (Å²) in [6.45, 7) is 4.55. The van der Waals surface area contributed by atoms with Crippen molar-refractivity contribution in [2.45, 2.75) is 32.0 Å². The summed E-state index contributed by atoms with van der Waals surface area (Å²) in [5.74, 6) is 0. The molecule has 0 saturated heterocycles. The van der Waals surface area contributed by atoms with Crippen LogP contribution in [-0.2, 0) is 4.74 Å². The van der Waals surface area contributed by atoms with E-state index in [1.54, 1.807) is 7.11 Å². The molecule has 0 aliphatic carbocycles. The van der Waals surface area contributed by atoms with E-state index in [1.165, 1.54) is 0 Å². The standard InChI is InChI=1S/C8H19NO2/c1-8(2,11-4)5-7(10)6-9-3/h7,9-10H,5-6H2,1-4H3. The van der Waals surface area contributed by atoms with Gasteiger partial charge in [0.15, 0.2) is 0 Å². The summed E-state index contributed by atoms with van der Waals surface area (Å²) in [5, 5.41) is 12.3. The number of aliphatic hydroxyl groups excluding tert-OH is 1. The van der Waals surface area contributed by atoms with Crippen LogP contribution in [-0.4, -0.2) is 37.5 Å². The third-order valence-corrected chi connectivity index (χ3v) is 1.72. The minimum Gasteiger partial charge on any atom is -0.392 e. The van der Waals surface area contributed by atoms with Crippen molar-refractivity contribution in [2.24, 2.45) is 0 Å². The summed E-state index contributed by atoms with van der Waals surface area (Å²) < 4.78 is 5.17. The number of hydrogen-bond donors (Lipinski definition) is 2. The van der Waals surface area contributed by atoms with Gasteiger partial charge in [0.05, 0.1) is 11.7 Å². The smallest absolute Gasteiger partial charge is 0.0691 e. The van der Waals surface area contributed by atoms with Gasteiger partial charge in [-0.2, -0.15) is 0 Å². The highest BCUT2D eigenvalue weighted by Gasteiger charge is 2.20. The quantitative estimate of drug-likeness (QED) is 0.612. The van der Waals surface area contributed by atoms with E-state index < -0.39 is 0 Å². The minimum atomic E-state index is -0.324. The molecule has 0 bridgehead atoms. The molecule has 0 heterocycles. The second-order valence-electron chi connectivity index (χ2n) is 3.38. The summed E-state index contributed by atoms with van der Waals surface area (Å²) in [4.78, 5) is 0. The van der Waals surface area contributed by atoms with E-state index in [9.17, 15) is 5.11 Å². The van der Waals surface area contributed by atoms with E-state index in [-0.39, 0.29) is 11.7 Å². The lowest BCUT2D eigenvalue weighted by Gasteiger charge is -2.25. The molecule has 0 saturated carbocycles. The van der Waals surface area contributed by atoms with E-state index in [0.29, 0.717) is 13.0 Å². The average Bonchev–Trinajstić information content (AvgIpc) is 1.87. The van der Waals surface area contributed by atoms with Gasteiger partial charge in [-0.3, -0.25) is 0 Å². The Labute approximate surface area is 68.8 Å². The number of nitrogens with one attached hydrogen (secondary N) is 1. The summed E-state index contributed by atoms with van der Waals surface area (Å²) in [7, 11) is 3.48. The van der Waals surface area contributed by atoms with Crippen molar-refractivity contribution in [1.82, 2.24) is 5.32 Å². The monoisotopic (exact) mass is 161 g/mol. The largest absolute Gasteiger partial charge is 0.392 e. The number of ether oxygens (including phenoxy) is 1. The fraction of sp³-hybridized carbons (Fsp3) is 1.00. The predicted molar refractivity (Wildman–Crippen MR) is 45.6 cm³/mol. The lowest BCUT2D eigenvalue weighted by Crippen LogP contribution is -2.33. The first-order valence-corrected chi connectivity index (χ1v) is 3.89. The first-order chi connectivity index (χ1) is 5.02. The molecule has 0 spiro atoms. The molecule has 0 aliphatic heterocycles. The van der Waals surface area contributed by atoms with Gasteiger partial charge in [-0.15, -0.1) is 0 Å². The molecule has 11 heavy (non-hydrogen) atoms. The molecule has 1 atom stereocenters. The van der Waals surface area contributed by atoms with Gasteiger partial charge in [0.25, 0.3) is 0 Å². The first-order valence-electron chi connectivity index (χ1n) is 3.89. The van der Waals surface area contributed by atoms with Gasteiger partial charge in [0.1, 0.15) is 0 Å². The van der Waals surface area contributed by atoms with Gasteiger partial charge < -0.3 is 15.2 Å². The van der Waals surface area contributed by atoms with E-state index in [1.807, 2.05) is 20.9 Å². The third-order valence-electron chi connectivity index (χ3n) is 1.72. The highest BCUT2D eigenvalue weighted by atomic mass is 16.5. The van der Waals surface area contributed by atoms with Crippen LogP contribution in [0.2, 0.25) is 0 Å². The third kappa shape index (κ3) is 5.18. The zero-order chi connectivity index (χ0) is 8.91. The Kier molecular flexibility index (Phi) is 4.65. The average molecular weight is 161 g/mol. The molecule has 0 aromatic rings. The van der Waals surface area contributed by atoms with E-state index in [0.717, 1.165) is 0 Å². The normalized spacial score (nSPS) is 15.0. The van der Waals surface area contributed by atoms with Gasteiger partial charge in [0, 0.05) is 20.1 Å². The highest BCUT2D eigenvalue weighted by molar-refractivity contribution is 4.73. The maximum absolute atomic E-state index is 9.37. The fourth-order valence-corrected chi connectivity index (χ4v) is 0.959. The van der Waals surface area contributed by atoms with Crippen LogP contribution in [0, 0.1) is 0 Å². The molecular weight excluding hydrogens is 142 g/mol. The van der Waals surface area contributed by atoms with Crippen LogP contribution in [0.15, 0.2) is 0 Å². The molecule has 1 unspecified atom stereocenters. The SMILES string of the molecule is CNCC(O)CC(C)(C)OC. The van der Waals surface area contributed by atoms with Crippen molar-refractivity contribution in [3.8, 4) is 0 Å². The zero-order valence-corrected chi connectivity index (χ0v) is 7.85. The lowest BCUT2D eigenvalue weighted by atomic mass is 10.0. The van der Waals surface area contributed by atoms with E-state index in [2.05, 4.69) is 5.32 Å². The molecule has 3 nitrogen and oxygen atoms in total. The van der Waals surface area contributed by atoms with Crippen LogP contribution in [0.5, 0.6) is 0 Å². The summed E-state index contributed by atoms with van der Waals surface area (Å²) in [6.07, 6.45) is 0.333. The van der Waals surface area contributed by atoms with Crippen molar-refractivity contribution >= 4 is 0 Å². The van der Waals surface area contributed by atoms with E-state index in [4.69, 9.17) is 4.74 Å². The van der Waals surface area contributed by atoms with Crippen LogP contribution in [0.4, 0.5) is 0 Å². The van der Waals surface area contributed by atoms with Crippen molar-refractivity contribution in [2.75, 3.05) is 20.7 Å². The molecule has 68 valence electrons. The number of rotatable bonds is 5. The van der Waals surface area contributed by atoms with Gasteiger partial charge >= 0.3 is 0 Å². The molecule has 2 N–H and O–H groups in total. The Balaban J connectivity index is 3.64. The van der Waals surface area contributed by atoms with Crippen molar-refractivity contribution in [3.05, 3.63) is 0 Å². The number of aliphatic hydroxyl groups is 1. The van der Waals surface area contributed by atoms with Crippen LogP contribution in [0.3, 0.4) is 0 Å². The summed E-state index contributed by atoms with van der Waals surface area (Å²) in [5.41, 5.74) is -0.226. The molecule has 0 aliphatic rings. The van der Waals surface area contributed by atoms with Crippen molar-refractivity contribution in [3.63, 3.8) is 0 Å². The zero-order valence-electron chi connectivity index (χ0n) is 7.85. The summed E-state index contributed by atoms with van der Waals surface area (Å²) in [6, 6.07) is 0. The predicted octanol–water partition coefficient (Wildman–Crippen LogP) is 0.382. The second kappa shape index (κ2) is 4.70. The van der Waals surface area contributed by atoms with Gasteiger partial charge in [-0.05, 0) is 20.9 Å². The first kappa shape index (κ1) is 10.9. The Bertz CT molecular complexity index is 104. The minimum absolute atomic E-state index is 0.226. The molecular formula is C8H19NO2. The molecule has 0 aromatic heterocycles. The Morgan fingerprint density at radius 1 is 1.55 bits per heavy atom. The Hall–Kier alpha value is -0.120. The van der Waals surface area contributed by atoms with Crippen LogP contribution >= 0.6 is 0 Å². The number of likely N-dealkylation sites (N-methyl/N-ethyl adjacent to an activating group) is 1.